The zero-order valence-electron chi connectivity index (χ0n) is 13.2. The Bertz CT molecular complexity index is 477. The number of hydrogen-bond acceptors (Lipinski definition) is 3. The van der Waals surface area contributed by atoms with Gasteiger partial charge in [0.15, 0.2) is 0 Å². The molecule has 118 valence electrons. The van der Waals surface area contributed by atoms with Crippen LogP contribution in [0.25, 0.3) is 0 Å². The summed E-state index contributed by atoms with van der Waals surface area (Å²) in [4.78, 5) is 0. The molecule has 0 saturated carbocycles. The average molecular weight is 355 g/mol. The summed E-state index contributed by atoms with van der Waals surface area (Å²) in [7, 11) is 0. The largest absolute Gasteiger partial charge is 0.369 e. The fraction of sp³-hybridized carbons (Fsp3) is 0.812. The van der Waals surface area contributed by atoms with Gasteiger partial charge in [0.2, 0.25) is 0 Å². The van der Waals surface area contributed by atoms with Gasteiger partial charge in [-0.25, -0.2) is 4.68 Å². The zero-order valence-corrected chi connectivity index (χ0v) is 14.7. The van der Waals surface area contributed by atoms with E-state index in [2.05, 4.69) is 45.1 Å². The van der Waals surface area contributed by atoms with E-state index in [1.165, 1.54) is 48.2 Å². The lowest BCUT2D eigenvalue weighted by Crippen LogP contribution is -2.38. The minimum atomic E-state index is 0.554. The number of aromatic nitrogens is 2. The molecule has 1 saturated heterocycles. The number of piperidine rings is 1. The summed E-state index contributed by atoms with van der Waals surface area (Å²) in [5, 5.41) is 12.1. The molecule has 1 aromatic heterocycles. The Morgan fingerprint density at radius 3 is 2.90 bits per heavy atom. The molecule has 0 amide bonds. The van der Waals surface area contributed by atoms with Gasteiger partial charge < -0.3 is 10.6 Å². The molecule has 2 unspecified atom stereocenters. The molecule has 2 aliphatic heterocycles. The fourth-order valence-corrected chi connectivity index (χ4v) is 4.15. The summed E-state index contributed by atoms with van der Waals surface area (Å²) >= 11 is 3.78. The van der Waals surface area contributed by atoms with Crippen LogP contribution in [0, 0.1) is 11.8 Å². The van der Waals surface area contributed by atoms with E-state index in [9.17, 15) is 0 Å². The minimum Gasteiger partial charge on any atom is -0.369 e. The summed E-state index contributed by atoms with van der Waals surface area (Å²) in [6.07, 6.45) is 6.08. The van der Waals surface area contributed by atoms with Crippen LogP contribution in [0.15, 0.2) is 4.47 Å². The molecule has 2 aliphatic rings. The van der Waals surface area contributed by atoms with E-state index >= 15 is 0 Å². The third-order valence-corrected chi connectivity index (χ3v) is 5.64. The molecule has 0 spiro atoms. The molecule has 0 bridgehead atoms. The van der Waals surface area contributed by atoms with Crippen LogP contribution in [0.4, 0.5) is 5.82 Å². The monoisotopic (exact) mass is 354 g/mol. The molecule has 21 heavy (non-hydrogen) atoms. The molecule has 0 radical (unpaired) electrons. The Hall–Kier alpha value is -0.550. The SMILES string of the molecule is CC(C)CCc1nn2c(c1Br)NCCC2C1CCCNC1. The maximum absolute atomic E-state index is 4.96. The molecule has 2 atom stereocenters. The van der Waals surface area contributed by atoms with Crippen LogP contribution in [0.3, 0.4) is 0 Å². The Labute approximate surface area is 136 Å². The summed E-state index contributed by atoms with van der Waals surface area (Å²) < 4.78 is 3.47. The molecular weight excluding hydrogens is 328 g/mol. The van der Waals surface area contributed by atoms with Gasteiger partial charge >= 0.3 is 0 Å². The second kappa shape index (κ2) is 6.69. The van der Waals surface area contributed by atoms with Gasteiger partial charge in [-0.15, -0.1) is 0 Å². The number of aryl methyl sites for hydroxylation is 1. The number of nitrogens with one attached hydrogen (secondary N) is 2. The molecule has 4 nitrogen and oxygen atoms in total. The van der Waals surface area contributed by atoms with Crippen molar-refractivity contribution in [2.24, 2.45) is 11.8 Å². The second-order valence-electron chi connectivity index (χ2n) is 6.88. The first-order valence-electron chi connectivity index (χ1n) is 8.38. The maximum atomic E-state index is 4.96. The van der Waals surface area contributed by atoms with Crippen LogP contribution in [-0.4, -0.2) is 29.4 Å². The van der Waals surface area contributed by atoms with E-state index in [4.69, 9.17) is 5.10 Å². The van der Waals surface area contributed by atoms with Crippen molar-refractivity contribution in [1.29, 1.82) is 0 Å². The van der Waals surface area contributed by atoms with Gasteiger partial charge in [0.05, 0.1) is 16.2 Å². The van der Waals surface area contributed by atoms with Gasteiger partial charge in [-0.1, -0.05) is 13.8 Å². The number of fused-ring (bicyclic) bond motifs is 1. The summed E-state index contributed by atoms with van der Waals surface area (Å²) in [6, 6.07) is 0.554. The van der Waals surface area contributed by atoms with Crippen molar-refractivity contribution in [3.63, 3.8) is 0 Å². The van der Waals surface area contributed by atoms with E-state index < -0.39 is 0 Å². The molecule has 1 aromatic rings. The number of rotatable bonds is 4. The van der Waals surface area contributed by atoms with E-state index in [1.54, 1.807) is 0 Å². The van der Waals surface area contributed by atoms with Crippen LogP contribution < -0.4 is 10.6 Å². The van der Waals surface area contributed by atoms with Crippen LogP contribution >= 0.6 is 15.9 Å². The normalized spacial score (nSPS) is 25.7. The van der Waals surface area contributed by atoms with Gasteiger partial charge in [0.25, 0.3) is 0 Å². The van der Waals surface area contributed by atoms with Gasteiger partial charge in [-0.3, -0.25) is 0 Å². The third-order valence-electron chi connectivity index (χ3n) is 4.80. The van der Waals surface area contributed by atoms with Crippen molar-refractivity contribution in [2.45, 2.75) is 52.0 Å². The predicted molar refractivity (Wildman–Crippen MR) is 90.8 cm³/mol. The quantitative estimate of drug-likeness (QED) is 0.867. The lowest BCUT2D eigenvalue weighted by atomic mass is 9.89. The topological polar surface area (TPSA) is 41.9 Å². The maximum Gasteiger partial charge on any atom is 0.139 e. The van der Waals surface area contributed by atoms with Crippen LogP contribution in [0.1, 0.15) is 51.3 Å². The Morgan fingerprint density at radius 2 is 2.19 bits per heavy atom. The van der Waals surface area contributed by atoms with Crippen LogP contribution in [0.5, 0.6) is 0 Å². The lowest BCUT2D eigenvalue weighted by molar-refractivity contribution is 0.235. The third kappa shape index (κ3) is 3.29. The Balaban J connectivity index is 1.81. The summed E-state index contributed by atoms with van der Waals surface area (Å²) in [6.45, 7) is 7.94. The van der Waals surface area contributed by atoms with E-state index in [-0.39, 0.29) is 0 Å². The first-order chi connectivity index (χ1) is 10.2. The summed E-state index contributed by atoms with van der Waals surface area (Å²) in [5.41, 5.74) is 1.22. The van der Waals surface area contributed by atoms with Crippen molar-refractivity contribution in [3.05, 3.63) is 10.2 Å². The zero-order chi connectivity index (χ0) is 14.8. The number of hydrogen-bond donors (Lipinski definition) is 2. The van der Waals surface area contributed by atoms with Crippen LogP contribution in [-0.2, 0) is 6.42 Å². The van der Waals surface area contributed by atoms with E-state index in [0.29, 0.717) is 6.04 Å². The van der Waals surface area contributed by atoms with Crippen molar-refractivity contribution in [3.8, 4) is 0 Å². The Kier molecular flexibility index (Phi) is 4.89. The highest BCUT2D eigenvalue weighted by Gasteiger charge is 2.31. The molecule has 3 rings (SSSR count). The molecule has 0 aliphatic carbocycles. The summed E-state index contributed by atoms with van der Waals surface area (Å²) in [5.74, 6) is 2.65. The smallest absolute Gasteiger partial charge is 0.139 e. The van der Waals surface area contributed by atoms with Crippen molar-refractivity contribution < 1.29 is 0 Å². The van der Waals surface area contributed by atoms with Crippen LogP contribution in [0.2, 0.25) is 0 Å². The predicted octanol–water partition coefficient (Wildman–Crippen LogP) is 3.59. The first kappa shape index (κ1) is 15.3. The van der Waals surface area contributed by atoms with Gasteiger partial charge in [0, 0.05) is 6.54 Å². The highest BCUT2D eigenvalue weighted by Crippen LogP contribution is 2.38. The molecule has 1 fully saturated rings. The highest BCUT2D eigenvalue weighted by molar-refractivity contribution is 9.10. The molecule has 3 heterocycles. The van der Waals surface area contributed by atoms with Crippen molar-refractivity contribution in [1.82, 2.24) is 15.1 Å². The van der Waals surface area contributed by atoms with Crippen molar-refractivity contribution >= 4 is 21.7 Å². The second-order valence-corrected chi connectivity index (χ2v) is 7.67. The number of anilines is 1. The molecule has 2 N–H and O–H groups in total. The minimum absolute atomic E-state index is 0.554. The molecule has 5 heteroatoms. The van der Waals surface area contributed by atoms with Crippen molar-refractivity contribution in [2.75, 3.05) is 25.0 Å². The first-order valence-corrected chi connectivity index (χ1v) is 9.17. The van der Waals surface area contributed by atoms with E-state index in [1.807, 2.05) is 0 Å². The van der Waals surface area contributed by atoms with Gasteiger partial charge in [-0.2, -0.15) is 5.10 Å². The molecular formula is C16H27BrN4. The average Bonchev–Trinajstić information content (AvgIpc) is 2.83. The van der Waals surface area contributed by atoms with Gasteiger partial charge in [0.1, 0.15) is 5.82 Å². The van der Waals surface area contributed by atoms with Gasteiger partial charge in [-0.05, 0) is 73.0 Å². The molecule has 0 aromatic carbocycles. The Morgan fingerprint density at radius 1 is 1.33 bits per heavy atom. The highest BCUT2D eigenvalue weighted by atomic mass is 79.9. The fourth-order valence-electron chi connectivity index (χ4n) is 3.55. The standard InChI is InChI=1S/C16H27BrN4/c1-11(2)5-6-13-15(17)16-19-9-7-14(21(16)20-13)12-4-3-8-18-10-12/h11-12,14,18-19H,3-10H2,1-2H3. The number of halogens is 1. The lowest BCUT2D eigenvalue weighted by Gasteiger charge is -2.34. The number of nitrogens with zero attached hydrogens (tertiary/aromatic N) is 2. The van der Waals surface area contributed by atoms with E-state index in [0.717, 1.165) is 31.3 Å².